The second-order valence-corrected chi connectivity index (χ2v) is 4.61. The Morgan fingerprint density at radius 1 is 1.53 bits per heavy atom. The summed E-state index contributed by atoms with van der Waals surface area (Å²) in [6.07, 6.45) is 2.26. The molecule has 0 aliphatic rings. The monoisotopic (exact) mass is 269 g/mol. The van der Waals surface area contributed by atoms with Crippen molar-refractivity contribution in [1.82, 2.24) is 25.6 Å². The minimum atomic E-state index is 0.0327. The van der Waals surface area contributed by atoms with Gasteiger partial charge in [0, 0.05) is 38.9 Å². The second-order valence-electron chi connectivity index (χ2n) is 4.61. The fraction of sp³-hybridized carbons (Fsp3) is 0.750. The number of aromatic nitrogens is 3. The highest BCUT2D eigenvalue weighted by Gasteiger charge is 2.05. The van der Waals surface area contributed by atoms with E-state index in [2.05, 4.69) is 20.9 Å². The van der Waals surface area contributed by atoms with Crippen molar-refractivity contribution in [2.45, 2.75) is 39.4 Å². The highest BCUT2D eigenvalue weighted by Crippen LogP contribution is 1.95. The smallest absolute Gasteiger partial charge is 0.222 e. The van der Waals surface area contributed by atoms with Gasteiger partial charge in [0.15, 0.2) is 0 Å². The van der Waals surface area contributed by atoms with Crippen LogP contribution in [0, 0.1) is 0 Å². The number of hydrogen-bond acceptors (Lipinski definition) is 5. The number of carbonyl (C=O) groups is 1. The standard InChI is InChI=1S/C12H23N5O2/c1-10(2)14-12(18)4-6-17-9-11(15-16-17)8-13-5-7-19-3/h9-10,13H,4-8H2,1-3H3,(H,14,18). The first-order valence-corrected chi connectivity index (χ1v) is 6.50. The van der Waals surface area contributed by atoms with Crippen LogP contribution in [0.2, 0.25) is 0 Å². The van der Waals surface area contributed by atoms with Gasteiger partial charge in [-0.2, -0.15) is 0 Å². The summed E-state index contributed by atoms with van der Waals surface area (Å²) in [7, 11) is 1.67. The molecule has 0 saturated carbocycles. The molecule has 0 saturated heterocycles. The molecule has 0 aliphatic carbocycles. The molecule has 0 aromatic carbocycles. The molecule has 1 amide bonds. The predicted molar refractivity (Wildman–Crippen MR) is 71.5 cm³/mol. The van der Waals surface area contributed by atoms with Crippen molar-refractivity contribution >= 4 is 5.91 Å². The van der Waals surface area contributed by atoms with E-state index in [4.69, 9.17) is 4.74 Å². The van der Waals surface area contributed by atoms with E-state index < -0.39 is 0 Å². The Labute approximate surface area is 113 Å². The molecule has 1 aromatic heterocycles. The summed E-state index contributed by atoms with van der Waals surface area (Å²) in [5, 5.41) is 14.0. The van der Waals surface area contributed by atoms with Crippen LogP contribution in [0.15, 0.2) is 6.20 Å². The van der Waals surface area contributed by atoms with E-state index in [9.17, 15) is 4.79 Å². The highest BCUT2D eigenvalue weighted by atomic mass is 16.5. The number of amides is 1. The third-order valence-electron chi connectivity index (χ3n) is 2.39. The zero-order chi connectivity index (χ0) is 14.1. The third-order valence-corrected chi connectivity index (χ3v) is 2.39. The zero-order valence-corrected chi connectivity index (χ0v) is 11.8. The quantitative estimate of drug-likeness (QED) is 0.613. The fourth-order valence-electron chi connectivity index (χ4n) is 1.53. The van der Waals surface area contributed by atoms with Crippen LogP contribution in [0.3, 0.4) is 0 Å². The van der Waals surface area contributed by atoms with Crippen LogP contribution in [0.25, 0.3) is 0 Å². The minimum absolute atomic E-state index is 0.0327. The molecular weight excluding hydrogens is 246 g/mol. The molecule has 0 spiro atoms. The summed E-state index contributed by atoms with van der Waals surface area (Å²) in [5.41, 5.74) is 0.861. The van der Waals surface area contributed by atoms with Crippen molar-refractivity contribution < 1.29 is 9.53 Å². The van der Waals surface area contributed by atoms with E-state index in [0.717, 1.165) is 12.2 Å². The number of methoxy groups -OCH3 is 1. The van der Waals surface area contributed by atoms with Crippen molar-refractivity contribution in [2.75, 3.05) is 20.3 Å². The Hall–Kier alpha value is -1.47. The van der Waals surface area contributed by atoms with Gasteiger partial charge in [0.1, 0.15) is 0 Å². The van der Waals surface area contributed by atoms with Gasteiger partial charge < -0.3 is 15.4 Å². The molecule has 1 heterocycles. The van der Waals surface area contributed by atoms with Gasteiger partial charge in [-0.3, -0.25) is 9.48 Å². The van der Waals surface area contributed by atoms with Crippen LogP contribution in [-0.2, 0) is 22.6 Å². The van der Waals surface area contributed by atoms with E-state index in [1.807, 2.05) is 20.0 Å². The van der Waals surface area contributed by atoms with E-state index in [1.54, 1.807) is 11.8 Å². The summed E-state index contributed by atoms with van der Waals surface area (Å²) in [6, 6.07) is 0.170. The maximum Gasteiger partial charge on any atom is 0.222 e. The first-order valence-electron chi connectivity index (χ1n) is 6.50. The van der Waals surface area contributed by atoms with Crippen molar-refractivity contribution in [3.63, 3.8) is 0 Å². The van der Waals surface area contributed by atoms with E-state index in [0.29, 0.717) is 26.1 Å². The molecule has 19 heavy (non-hydrogen) atoms. The molecule has 108 valence electrons. The molecule has 0 radical (unpaired) electrons. The topological polar surface area (TPSA) is 81.1 Å². The lowest BCUT2D eigenvalue weighted by Crippen LogP contribution is -2.30. The van der Waals surface area contributed by atoms with Crippen LogP contribution < -0.4 is 10.6 Å². The SMILES string of the molecule is COCCNCc1cn(CCC(=O)NC(C)C)nn1. The van der Waals surface area contributed by atoms with E-state index >= 15 is 0 Å². The van der Waals surface area contributed by atoms with Gasteiger partial charge in [-0.1, -0.05) is 5.21 Å². The summed E-state index contributed by atoms with van der Waals surface area (Å²) in [6.45, 7) is 6.53. The lowest BCUT2D eigenvalue weighted by atomic mass is 10.3. The second kappa shape index (κ2) is 8.60. The summed E-state index contributed by atoms with van der Waals surface area (Å²) in [4.78, 5) is 11.5. The lowest BCUT2D eigenvalue weighted by molar-refractivity contribution is -0.121. The maximum atomic E-state index is 11.5. The Bertz CT molecular complexity index is 378. The highest BCUT2D eigenvalue weighted by molar-refractivity contribution is 5.75. The molecule has 0 unspecified atom stereocenters. The van der Waals surface area contributed by atoms with Crippen LogP contribution in [-0.4, -0.2) is 47.2 Å². The van der Waals surface area contributed by atoms with Crippen molar-refractivity contribution in [2.24, 2.45) is 0 Å². The number of ether oxygens (including phenoxy) is 1. The van der Waals surface area contributed by atoms with E-state index in [-0.39, 0.29) is 11.9 Å². The number of nitrogens with zero attached hydrogens (tertiary/aromatic N) is 3. The van der Waals surface area contributed by atoms with Gasteiger partial charge in [0.05, 0.1) is 18.8 Å². The Balaban J connectivity index is 2.24. The molecule has 0 bridgehead atoms. The molecular formula is C12H23N5O2. The molecule has 1 aromatic rings. The largest absolute Gasteiger partial charge is 0.383 e. The third kappa shape index (κ3) is 6.88. The van der Waals surface area contributed by atoms with Crippen molar-refractivity contribution in [1.29, 1.82) is 0 Å². The van der Waals surface area contributed by atoms with Crippen molar-refractivity contribution in [3.05, 3.63) is 11.9 Å². The Morgan fingerprint density at radius 2 is 2.32 bits per heavy atom. The Kier molecular flexibility index (Phi) is 7.06. The normalized spacial score (nSPS) is 10.9. The number of carbonyl (C=O) groups excluding carboxylic acids is 1. The van der Waals surface area contributed by atoms with Crippen LogP contribution in [0.4, 0.5) is 0 Å². The predicted octanol–water partition coefficient (Wildman–Crippen LogP) is -0.0712. The lowest BCUT2D eigenvalue weighted by Gasteiger charge is -2.07. The molecule has 2 N–H and O–H groups in total. The van der Waals surface area contributed by atoms with Gasteiger partial charge in [0.25, 0.3) is 0 Å². The average molecular weight is 269 g/mol. The molecule has 7 heteroatoms. The van der Waals surface area contributed by atoms with Gasteiger partial charge in [-0.15, -0.1) is 5.10 Å². The average Bonchev–Trinajstić information content (AvgIpc) is 2.79. The van der Waals surface area contributed by atoms with Crippen LogP contribution in [0.5, 0.6) is 0 Å². The van der Waals surface area contributed by atoms with Gasteiger partial charge in [-0.05, 0) is 13.8 Å². The zero-order valence-electron chi connectivity index (χ0n) is 11.8. The maximum absolute atomic E-state index is 11.5. The molecule has 0 atom stereocenters. The van der Waals surface area contributed by atoms with Crippen LogP contribution >= 0.6 is 0 Å². The Morgan fingerprint density at radius 3 is 3.00 bits per heavy atom. The first kappa shape index (κ1) is 15.6. The fourth-order valence-corrected chi connectivity index (χ4v) is 1.53. The van der Waals surface area contributed by atoms with Gasteiger partial charge in [0.2, 0.25) is 5.91 Å². The van der Waals surface area contributed by atoms with E-state index in [1.165, 1.54) is 0 Å². The van der Waals surface area contributed by atoms with Crippen LogP contribution in [0.1, 0.15) is 26.0 Å². The number of nitrogens with one attached hydrogen (secondary N) is 2. The first-order chi connectivity index (χ1) is 9.11. The number of aryl methyl sites for hydroxylation is 1. The summed E-state index contributed by atoms with van der Waals surface area (Å²) in [5.74, 6) is 0.0327. The molecule has 7 nitrogen and oxygen atoms in total. The number of hydrogen-bond donors (Lipinski definition) is 2. The molecule has 1 rings (SSSR count). The molecule has 0 fully saturated rings. The van der Waals surface area contributed by atoms with Crippen molar-refractivity contribution in [3.8, 4) is 0 Å². The van der Waals surface area contributed by atoms with Gasteiger partial charge >= 0.3 is 0 Å². The number of rotatable bonds is 9. The molecule has 0 aliphatic heterocycles. The summed E-state index contributed by atoms with van der Waals surface area (Å²) >= 11 is 0. The summed E-state index contributed by atoms with van der Waals surface area (Å²) < 4.78 is 6.62. The van der Waals surface area contributed by atoms with Gasteiger partial charge in [-0.25, -0.2) is 0 Å². The minimum Gasteiger partial charge on any atom is -0.383 e.